The molecule has 0 amide bonds. The minimum atomic E-state index is -1.62. The van der Waals surface area contributed by atoms with E-state index in [9.17, 15) is 19.5 Å². The zero-order valence-corrected chi connectivity index (χ0v) is 40.3. The van der Waals surface area contributed by atoms with Crippen molar-refractivity contribution in [3.63, 3.8) is 0 Å². The van der Waals surface area contributed by atoms with E-state index >= 15 is 0 Å². The van der Waals surface area contributed by atoms with E-state index in [0.29, 0.717) is 17.4 Å². The van der Waals surface area contributed by atoms with Crippen molar-refractivity contribution < 1.29 is 42.9 Å². The van der Waals surface area contributed by atoms with Gasteiger partial charge in [0, 0.05) is 12.8 Å². The first-order chi connectivity index (χ1) is 29.6. The summed E-state index contributed by atoms with van der Waals surface area (Å²) in [5.41, 5.74) is 0. The highest BCUT2D eigenvalue weighted by Gasteiger charge is 2.21. The highest BCUT2D eigenvalue weighted by Crippen LogP contribution is 2.15. The van der Waals surface area contributed by atoms with Crippen molar-refractivity contribution in [3.8, 4) is 0 Å². The number of aliphatic carboxylic acids is 1. The molecule has 0 saturated carbocycles. The van der Waals surface area contributed by atoms with Crippen LogP contribution in [0.15, 0.2) is 36.5 Å². The largest absolute Gasteiger partial charge is 0.545 e. The number of quaternary nitrogens is 1. The number of unbranched alkanes of at least 4 members (excludes halogenated alkanes) is 25. The third kappa shape index (κ3) is 45.4. The molecule has 0 saturated heterocycles. The van der Waals surface area contributed by atoms with Crippen LogP contribution in [0, 0.1) is 0 Å². The van der Waals surface area contributed by atoms with Crippen LogP contribution in [0.1, 0.15) is 219 Å². The Kier molecular flexibility index (Phi) is 42.3. The van der Waals surface area contributed by atoms with Crippen LogP contribution in [-0.4, -0.2) is 82.3 Å². The van der Waals surface area contributed by atoms with Crippen LogP contribution in [0.25, 0.3) is 0 Å². The fourth-order valence-electron chi connectivity index (χ4n) is 6.91. The SMILES string of the molecule is CCCCC/C=C\C/C=C\CCCCCCCC(=O)OC(COC(=O)CCCCCCCCCCC/C=C\CCCCCCCCCC)COC(OCC[N+](C)(C)C)C(=O)[O-]. The van der Waals surface area contributed by atoms with E-state index < -0.39 is 24.3 Å². The molecule has 0 bridgehead atoms. The van der Waals surface area contributed by atoms with Crippen LogP contribution in [0.3, 0.4) is 0 Å². The summed E-state index contributed by atoms with van der Waals surface area (Å²) in [5.74, 6) is -2.30. The molecule has 0 aromatic carbocycles. The second kappa shape index (κ2) is 44.1. The summed E-state index contributed by atoms with van der Waals surface area (Å²) < 4.78 is 22.6. The maximum absolute atomic E-state index is 12.8. The van der Waals surface area contributed by atoms with Gasteiger partial charge in [-0.15, -0.1) is 0 Å². The third-order valence-corrected chi connectivity index (χ3v) is 10.9. The molecule has 0 heterocycles. The maximum Gasteiger partial charge on any atom is 0.306 e. The van der Waals surface area contributed by atoms with Crippen LogP contribution in [0.5, 0.6) is 0 Å². The van der Waals surface area contributed by atoms with Gasteiger partial charge in [0.25, 0.3) is 0 Å². The number of carboxylic acids is 1. The highest BCUT2D eigenvalue weighted by molar-refractivity contribution is 5.70. The Balaban J connectivity index is 4.34. The molecule has 0 aromatic rings. The average Bonchev–Trinajstić information content (AvgIpc) is 3.22. The van der Waals surface area contributed by atoms with Gasteiger partial charge in [0.15, 0.2) is 12.4 Å². The number of likely N-dealkylation sites (N-methyl/N-ethyl adjacent to an activating group) is 1. The predicted octanol–water partition coefficient (Wildman–Crippen LogP) is 12.4. The number of nitrogens with zero attached hydrogens (tertiary/aromatic N) is 1. The molecule has 9 nitrogen and oxygen atoms in total. The van der Waals surface area contributed by atoms with E-state index in [1.54, 1.807) is 0 Å². The lowest BCUT2D eigenvalue weighted by Gasteiger charge is -2.26. The first-order valence-corrected chi connectivity index (χ1v) is 25.1. The van der Waals surface area contributed by atoms with Gasteiger partial charge in [0.05, 0.1) is 40.3 Å². The van der Waals surface area contributed by atoms with Crippen molar-refractivity contribution >= 4 is 17.9 Å². The number of allylic oxidation sites excluding steroid dienone is 6. The van der Waals surface area contributed by atoms with Crippen molar-refractivity contribution in [2.75, 3.05) is 47.5 Å². The van der Waals surface area contributed by atoms with E-state index in [1.165, 1.54) is 128 Å². The molecule has 0 N–H and O–H groups in total. The standard InChI is InChI=1S/C52H95NO8/c1-6-8-10-12-14-16-18-20-22-23-24-25-26-27-29-30-32-34-36-38-40-42-49(54)59-46-48(47-60-52(51(56)57)58-45-44-53(3,4)5)61-50(55)43-41-39-37-35-33-31-28-21-19-17-15-13-11-9-7-2/h15,17,21,23-24,28,48,52H,6-14,16,18-20,22,25-27,29-47H2,1-5H3/b17-15-,24-23-,28-21-. The summed E-state index contributed by atoms with van der Waals surface area (Å²) in [6.07, 6.45) is 47.5. The predicted molar refractivity (Wildman–Crippen MR) is 251 cm³/mol. The second-order valence-electron chi connectivity index (χ2n) is 18.1. The first kappa shape index (κ1) is 58.5. The number of rotatable bonds is 46. The Labute approximate surface area is 375 Å². The summed E-state index contributed by atoms with van der Waals surface area (Å²) >= 11 is 0. The maximum atomic E-state index is 12.8. The van der Waals surface area contributed by atoms with E-state index in [4.69, 9.17) is 18.9 Å². The summed E-state index contributed by atoms with van der Waals surface area (Å²) in [7, 11) is 5.91. The zero-order chi connectivity index (χ0) is 44.9. The van der Waals surface area contributed by atoms with E-state index in [2.05, 4.69) is 50.3 Å². The molecule has 0 rings (SSSR count). The molecule has 0 spiro atoms. The molecule has 2 atom stereocenters. The molecule has 356 valence electrons. The monoisotopic (exact) mass is 862 g/mol. The topological polar surface area (TPSA) is 111 Å². The lowest BCUT2D eigenvalue weighted by molar-refractivity contribution is -0.870. The van der Waals surface area contributed by atoms with E-state index in [1.807, 2.05) is 21.1 Å². The number of hydrogen-bond acceptors (Lipinski definition) is 8. The van der Waals surface area contributed by atoms with Gasteiger partial charge < -0.3 is 33.3 Å². The average molecular weight is 862 g/mol. The number of ether oxygens (including phenoxy) is 4. The molecule has 0 radical (unpaired) electrons. The molecule has 61 heavy (non-hydrogen) atoms. The minimum Gasteiger partial charge on any atom is -0.545 e. The van der Waals surface area contributed by atoms with Gasteiger partial charge in [-0.25, -0.2) is 0 Å². The molecule has 9 heteroatoms. The molecule has 0 aromatic heterocycles. The number of esters is 2. The fraction of sp³-hybridized carbons (Fsp3) is 0.827. The van der Waals surface area contributed by atoms with Gasteiger partial charge in [-0.3, -0.25) is 9.59 Å². The van der Waals surface area contributed by atoms with Crippen LogP contribution in [-0.2, 0) is 33.3 Å². The smallest absolute Gasteiger partial charge is 0.306 e. The van der Waals surface area contributed by atoms with Gasteiger partial charge in [-0.05, 0) is 70.6 Å². The van der Waals surface area contributed by atoms with Crippen molar-refractivity contribution in [1.82, 2.24) is 0 Å². The van der Waals surface area contributed by atoms with Crippen LogP contribution >= 0.6 is 0 Å². The van der Waals surface area contributed by atoms with Crippen molar-refractivity contribution in [2.24, 2.45) is 0 Å². The van der Waals surface area contributed by atoms with Crippen LogP contribution in [0.2, 0.25) is 0 Å². The van der Waals surface area contributed by atoms with Gasteiger partial charge in [0.1, 0.15) is 13.2 Å². The number of carboxylic acid groups (broad SMARTS) is 1. The molecule has 0 fully saturated rings. The Hall–Kier alpha value is -2.49. The summed E-state index contributed by atoms with van der Waals surface area (Å²) in [6.45, 7) is 4.71. The lowest BCUT2D eigenvalue weighted by Crippen LogP contribution is -2.44. The molecule has 0 aliphatic heterocycles. The zero-order valence-electron chi connectivity index (χ0n) is 40.3. The van der Waals surface area contributed by atoms with E-state index in [-0.39, 0.29) is 38.6 Å². The van der Waals surface area contributed by atoms with Gasteiger partial charge >= 0.3 is 11.9 Å². The minimum absolute atomic E-state index is 0.145. The lowest BCUT2D eigenvalue weighted by atomic mass is 10.1. The molecular formula is C52H95NO8. The van der Waals surface area contributed by atoms with E-state index in [0.717, 1.165) is 57.8 Å². The fourth-order valence-corrected chi connectivity index (χ4v) is 6.91. The second-order valence-corrected chi connectivity index (χ2v) is 18.1. The Morgan fingerprint density at radius 2 is 0.885 bits per heavy atom. The van der Waals surface area contributed by atoms with Crippen LogP contribution < -0.4 is 5.11 Å². The van der Waals surface area contributed by atoms with Gasteiger partial charge in [-0.1, -0.05) is 172 Å². The Morgan fingerprint density at radius 1 is 0.492 bits per heavy atom. The van der Waals surface area contributed by atoms with Crippen molar-refractivity contribution in [2.45, 2.75) is 232 Å². The molecular weight excluding hydrogens is 767 g/mol. The Bertz CT molecular complexity index is 1100. The van der Waals surface area contributed by atoms with Gasteiger partial charge in [-0.2, -0.15) is 0 Å². The molecule has 0 aliphatic carbocycles. The Morgan fingerprint density at radius 3 is 1.34 bits per heavy atom. The first-order valence-electron chi connectivity index (χ1n) is 25.1. The number of hydrogen-bond donors (Lipinski definition) is 0. The van der Waals surface area contributed by atoms with Gasteiger partial charge in [0.2, 0.25) is 0 Å². The number of carbonyl (C=O) groups is 3. The summed E-state index contributed by atoms with van der Waals surface area (Å²) in [5, 5.41) is 11.7. The number of carbonyl (C=O) groups excluding carboxylic acids is 3. The van der Waals surface area contributed by atoms with Crippen LogP contribution in [0.4, 0.5) is 0 Å². The van der Waals surface area contributed by atoms with Crippen molar-refractivity contribution in [3.05, 3.63) is 36.5 Å². The molecule has 0 aliphatic rings. The van der Waals surface area contributed by atoms with Crippen molar-refractivity contribution in [1.29, 1.82) is 0 Å². The summed E-state index contributed by atoms with van der Waals surface area (Å²) in [6, 6.07) is 0. The molecule has 2 unspecified atom stereocenters. The summed E-state index contributed by atoms with van der Waals surface area (Å²) in [4.78, 5) is 37.1. The third-order valence-electron chi connectivity index (χ3n) is 10.9. The highest BCUT2D eigenvalue weighted by atomic mass is 16.7. The quantitative estimate of drug-likeness (QED) is 0.0196. The normalized spacial score (nSPS) is 13.1.